The van der Waals surface area contributed by atoms with Crippen molar-refractivity contribution in [2.24, 2.45) is 0 Å². The lowest BCUT2D eigenvalue weighted by Gasteiger charge is -2.13. The lowest BCUT2D eigenvalue weighted by molar-refractivity contribution is -0.139. The molecule has 4 rings (SSSR count). The van der Waals surface area contributed by atoms with E-state index in [1.807, 2.05) is 77.5 Å². The molecule has 0 bridgehead atoms. The van der Waals surface area contributed by atoms with Gasteiger partial charge in [0.15, 0.2) is 6.61 Å². The molecule has 0 aliphatic heterocycles. The number of methoxy groups -OCH3 is 2. The Bertz CT molecular complexity index is 1350. The quantitative estimate of drug-likeness (QED) is 0.293. The molecule has 0 saturated heterocycles. The molecule has 0 amide bonds. The van der Waals surface area contributed by atoms with Crippen LogP contribution in [0.1, 0.15) is 24.5 Å². The van der Waals surface area contributed by atoms with Crippen molar-refractivity contribution in [1.82, 2.24) is 9.78 Å². The smallest absolute Gasteiger partial charge is 0.341 e. The van der Waals surface area contributed by atoms with Crippen LogP contribution in [0.5, 0.6) is 17.2 Å². The molecule has 0 aliphatic carbocycles. The number of hydrogen-bond acceptors (Lipinski definition) is 5. The molecule has 7 nitrogen and oxygen atoms in total. The molecular formula is C29H30N2O5. The van der Waals surface area contributed by atoms with Gasteiger partial charge in [-0.25, -0.2) is 4.79 Å². The van der Waals surface area contributed by atoms with Crippen LogP contribution in [0.4, 0.5) is 0 Å². The molecule has 1 N–H and O–H groups in total. The summed E-state index contributed by atoms with van der Waals surface area (Å²) in [6, 6.07) is 23.4. The number of hydrogen-bond donors (Lipinski definition) is 1. The van der Waals surface area contributed by atoms with E-state index in [0.717, 1.165) is 52.3 Å². The van der Waals surface area contributed by atoms with Crippen molar-refractivity contribution in [2.75, 3.05) is 20.8 Å². The minimum atomic E-state index is -1.03. The van der Waals surface area contributed by atoms with E-state index in [9.17, 15) is 9.90 Å². The Morgan fingerprint density at radius 1 is 0.889 bits per heavy atom. The van der Waals surface area contributed by atoms with Crippen molar-refractivity contribution in [1.29, 1.82) is 0 Å². The van der Waals surface area contributed by atoms with E-state index < -0.39 is 12.6 Å². The van der Waals surface area contributed by atoms with Gasteiger partial charge >= 0.3 is 5.97 Å². The summed E-state index contributed by atoms with van der Waals surface area (Å²) in [5.41, 5.74) is 5.30. The molecule has 36 heavy (non-hydrogen) atoms. The van der Waals surface area contributed by atoms with Crippen LogP contribution in [-0.2, 0) is 17.8 Å². The van der Waals surface area contributed by atoms with Gasteiger partial charge in [0, 0.05) is 16.7 Å². The van der Waals surface area contributed by atoms with E-state index in [-0.39, 0.29) is 0 Å². The maximum Gasteiger partial charge on any atom is 0.341 e. The van der Waals surface area contributed by atoms with Crippen LogP contribution >= 0.6 is 0 Å². The number of carboxylic acids is 1. The number of carbonyl (C=O) groups is 1. The number of aryl methyl sites for hydroxylation is 1. The number of carboxylic acid groups (broad SMARTS) is 1. The van der Waals surface area contributed by atoms with Crippen molar-refractivity contribution in [3.8, 4) is 39.8 Å². The third-order valence-corrected chi connectivity index (χ3v) is 5.89. The summed E-state index contributed by atoms with van der Waals surface area (Å²) >= 11 is 0. The predicted octanol–water partition coefficient (Wildman–Crippen LogP) is 5.70. The summed E-state index contributed by atoms with van der Waals surface area (Å²) in [6.07, 6.45) is 1.89. The van der Waals surface area contributed by atoms with Crippen LogP contribution < -0.4 is 14.2 Å². The standard InChI is InChI=1S/C29H30N2O5/c1-4-9-20-14-15-28(36-19-29(32)33)23(16-20)24-17-25(22-11-6-8-13-27(22)35-3)31(30-24)18-21-10-5-7-12-26(21)34-2/h5-8,10-17H,4,9,18-19H2,1-3H3,(H,32,33). The Hall–Kier alpha value is -4.26. The second-order valence-electron chi connectivity index (χ2n) is 8.35. The van der Waals surface area contributed by atoms with E-state index in [4.69, 9.17) is 19.3 Å². The minimum absolute atomic E-state index is 0.429. The number of benzene rings is 3. The van der Waals surface area contributed by atoms with Crippen molar-refractivity contribution in [3.63, 3.8) is 0 Å². The zero-order valence-corrected chi connectivity index (χ0v) is 20.7. The Morgan fingerprint density at radius 2 is 1.61 bits per heavy atom. The highest BCUT2D eigenvalue weighted by molar-refractivity contribution is 5.76. The first-order chi connectivity index (χ1) is 17.5. The maximum atomic E-state index is 11.2. The Kier molecular flexibility index (Phi) is 7.90. The molecule has 186 valence electrons. The van der Waals surface area contributed by atoms with Crippen LogP contribution in [-0.4, -0.2) is 41.7 Å². The van der Waals surface area contributed by atoms with Gasteiger partial charge in [-0.1, -0.05) is 49.7 Å². The fourth-order valence-electron chi connectivity index (χ4n) is 4.22. The van der Waals surface area contributed by atoms with Crippen LogP contribution in [0.2, 0.25) is 0 Å². The lowest BCUT2D eigenvalue weighted by atomic mass is 10.0. The van der Waals surface area contributed by atoms with Gasteiger partial charge in [0.25, 0.3) is 0 Å². The molecule has 0 fully saturated rings. The SMILES string of the molecule is CCCc1ccc(OCC(=O)O)c(-c2cc(-c3ccccc3OC)n(Cc3ccccc3OC)n2)c1. The topological polar surface area (TPSA) is 82.8 Å². The maximum absolute atomic E-state index is 11.2. The van der Waals surface area contributed by atoms with Crippen molar-refractivity contribution >= 4 is 5.97 Å². The van der Waals surface area contributed by atoms with Gasteiger partial charge in [0.05, 0.1) is 32.2 Å². The first-order valence-corrected chi connectivity index (χ1v) is 11.8. The normalized spacial score (nSPS) is 10.8. The monoisotopic (exact) mass is 486 g/mol. The zero-order chi connectivity index (χ0) is 25.5. The molecule has 0 aliphatic rings. The molecular weight excluding hydrogens is 456 g/mol. The number of aliphatic carboxylic acids is 1. The highest BCUT2D eigenvalue weighted by atomic mass is 16.5. The Labute approximate surface area is 210 Å². The molecule has 0 atom stereocenters. The molecule has 0 saturated carbocycles. The fraction of sp³-hybridized carbons (Fsp3) is 0.241. The Morgan fingerprint density at radius 3 is 2.33 bits per heavy atom. The number of aromatic nitrogens is 2. The third-order valence-electron chi connectivity index (χ3n) is 5.89. The average Bonchev–Trinajstić information content (AvgIpc) is 3.31. The summed E-state index contributed by atoms with van der Waals surface area (Å²) in [5, 5.41) is 14.1. The van der Waals surface area contributed by atoms with Crippen LogP contribution in [0, 0.1) is 0 Å². The number of rotatable bonds is 11. The summed E-state index contributed by atoms with van der Waals surface area (Å²) in [5.74, 6) is 0.948. The largest absolute Gasteiger partial charge is 0.496 e. The molecule has 0 radical (unpaired) electrons. The van der Waals surface area contributed by atoms with E-state index in [2.05, 4.69) is 6.92 Å². The van der Waals surface area contributed by atoms with Gasteiger partial charge in [-0.2, -0.15) is 5.10 Å². The minimum Gasteiger partial charge on any atom is -0.496 e. The van der Waals surface area contributed by atoms with Gasteiger partial charge in [-0.15, -0.1) is 0 Å². The fourth-order valence-corrected chi connectivity index (χ4v) is 4.22. The third kappa shape index (κ3) is 5.51. The summed E-state index contributed by atoms with van der Waals surface area (Å²) in [7, 11) is 3.30. The highest BCUT2D eigenvalue weighted by Crippen LogP contribution is 2.37. The molecule has 1 heterocycles. The van der Waals surface area contributed by atoms with Gasteiger partial charge < -0.3 is 19.3 Å². The number of nitrogens with zero attached hydrogens (tertiary/aromatic N) is 2. The van der Waals surface area contributed by atoms with Crippen molar-refractivity contribution in [3.05, 3.63) is 83.9 Å². The van der Waals surface area contributed by atoms with E-state index >= 15 is 0 Å². The molecule has 1 aromatic heterocycles. The van der Waals surface area contributed by atoms with Gasteiger partial charge in [-0.05, 0) is 48.4 Å². The zero-order valence-electron chi connectivity index (χ0n) is 20.7. The predicted molar refractivity (Wildman–Crippen MR) is 139 cm³/mol. The molecule has 4 aromatic rings. The second-order valence-corrected chi connectivity index (χ2v) is 8.35. The molecule has 0 spiro atoms. The summed E-state index contributed by atoms with van der Waals surface area (Å²) in [6.45, 7) is 2.16. The van der Waals surface area contributed by atoms with Crippen LogP contribution in [0.3, 0.4) is 0 Å². The first-order valence-electron chi connectivity index (χ1n) is 11.8. The number of para-hydroxylation sites is 2. The second kappa shape index (κ2) is 11.4. The molecule has 0 unspecified atom stereocenters. The Balaban J connectivity index is 1.87. The number of ether oxygens (including phenoxy) is 3. The molecule has 7 heteroatoms. The molecule has 3 aromatic carbocycles. The summed E-state index contributed by atoms with van der Waals surface area (Å²) in [4.78, 5) is 11.2. The average molecular weight is 487 g/mol. The lowest BCUT2D eigenvalue weighted by Crippen LogP contribution is -2.10. The first kappa shape index (κ1) is 24.9. The van der Waals surface area contributed by atoms with Crippen molar-refractivity contribution < 1.29 is 24.1 Å². The van der Waals surface area contributed by atoms with Crippen LogP contribution in [0.15, 0.2) is 72.8 Å². The van der Waals surface area contributed by atoms with Gasteiger partial charge in [-0.3, -0.25) is 4.68 Å². The summed E-state index contributed by atoms with van der Waals surface area (Å²) < 4.78 is 18.8. The van der Waals surface area contributed by atoms with Crippen molar-refractivity contribution in [2.45, 2.75) is 26.3 Å². The van der Waals surface area contributed by atoms with E-state index in [0.29, 0.717) is 18.0 Å². The van der Waals surface area contributed by atoms with E-state index in [1.165, 1.54) is 0 Å². The van der Waals surface area contributed by atoms with E-state index in [1.54, 1.807) is 14.2 Å². The highest BCUT2D eigenvalue weighted by Gasteiger charge is 2.19. The van der Waals surface area contributed by atoms with Gasteiger partial charge in [0.2, 0.25) is 0 Å². The van der Waals surface area contributed by atoms with Crippen LogP contribution in [0.25, 0.3) is 22.5 Å². The van der Waals surface area contributed by atoms with Gasteiger partial charge in [0.1, 0.15) is 17.2 Å².